The van der Waals surface area contributed by atoms with Crippen molar-refractivity contribution in [1.82, 2.24) is 0 Å². The molecule has 1 heterocycles. The molecule has 112 valence electrons. The minimum Gasteiger partial charge on any atom is -0.282 e. The molecule has 19 heavy (non-hydrogen) atoms. The van der Waals surface area contributed by atoms with E-state index in [0.717, 1.165) is 0 Å². The number of carbonyl (C=O) groups excluding carboxylic acids is 1. The van der Waals surface area contributed by atoms with E-state index in [4.69, 9.17) is 0 Å². The fourth-order valence-corrected chi connectivity index (χ4v) is 1.05. The molecule has 0 aromatic heterocycles. The molecule has 13 heteroatoms. The quantitative estimate of drug-likeness (QED) is 0.552. The molecular weight excluding hydrogens is 310 g/mol. The van der Waals surface area contributed by atoms with Crippen molar-refractivity contribution < 1.29 is 58.2 Å². The molecule has 0 radical (unpaired) electrons. The van der Waals surface area contributed by atoms with Crippen molar-refractivity contribution in [3.63, 3.8) is 0 Å². The average molecular weight is 310 g/mol. The van der Waals surface area contributed by atoms with Crippen LogP contribution in [0.3, 0.4) is 0 Å². The molecule has 0 aliphatic carbocycles. The van der Waals surface area contributed by atoms with E-state index < -0.39 is 36.1 Å². The fourth-order valence-electron chi connectivity index (χ4n) is 1.05. The minimum atomic E-state index is -6.72. The van der Waals surface area contributed by atoms with Crippen molar-refractivity contribution in [1.29, 1.82) is 0 Å². The van der Waals surface area contributed by atoms with Crippen LogP contribution in [0.2, 0.25) is 0 Å². The zero-order valence-corrected chi connectivity index (χ0v) is 8.00. The second-order valence-electron chi connectivity index (χ2n) is 3.20. The maximum absolute atomic E-state index is 12.9. The number of ether oxygens (including phenoxy) is 2. The standard InChI is InChI=1S/C6F10O3/c7-1(17)2(4(9,10)11)18-3(8,5(12,13)14)6(15,16)19-2. The van der Waals surface area contributed by atoms with Crippen LogP contribution in [0.4, 0.5) is 43.9 Å². The van der Waals surface area contributed by atoms with E-state index in [1.165, 1.54) is 0 Å². The first-order chi connectivity index (χ1) is 8.11. The highest BCUT2D eigenvalue weighted by atomic mass is 19.4. The van der Waals surface area contributed by atoms with E-state index in [2.05, 4.69) is 9.47 Å². The van der Waals surface area contributed by atoms with E-state index in [-0.39, 0.29) is 0 Å². The summed E-state index contributed by atoms with van der Waals surface area (Å²) in [5.41, 5.74) is 0. The van der Waals surface area contributed by atoms with Crippen molar-refractivity contribution in [2.45, 2.75) is 30.1 Å². The van der Waals surface area contributed by atoms with Gasteiger partial charge in [-0.2, -0.15) is 43.9 Å². The third kappa shape index (κ3) is 1.94. The third-order valence-electron chi connectivity index (χ3n) is 1.93. The van der Waals surface area contributed by atoms with Gasteiger partial charge in [0, 0.05) is 0 Å². The number of alkyl halides is 9. The van der Waals surface area contributed by atoms with Crippen molar-refractivity contribution in [2.75, 3.05) is 0 Å². The van der Waals surface area contributed by atoms with Gasteiger partial charge < -0.3 is 0 Å². The van der Waals surface area contributed by atoms with Crippen LogP contribution in [0.1, 0.15) is 0 Å². The summed E-state index contributed by atoms with van der Waals surface area (Å²) in [6, 6.07) is -3.91. The zero-order valence-electron chi connectivity index (χ0n) is 8.00. The molecule has 0 aromatic rings. The summed E-state index contributed by atoms with van der Waals surface area (Å²) in [5, 5.41) is 0. The Bertz CT molecular complexity index is 399. The number of hydrogen-bond donors (Lipinski definition) is 0. The van der Waals surface area contributed by atoms with E-state index in [1.807, 2.05) is 0 Å². The molecule has 2 atom stereocenters. The Kier molecular flexibility index (Phi) is 3.12. The zero-order chi connectivity index (χ0) is 15.5. The molecule has 3 nitrogen and oxygen atoms in total. The molecule has 0 amide bonds. The molecule has 0 bridgehead atoms. The molecule has 0 aromatic carbocycles. The summed E-state index contributed by atoms with van der Waals surface area (Å²) in [4.78, 5) is 10.0. The van der Waals surface area contributed by atoms with Crippen molar-refractivity contribution in [3.8, 4) is 0 Å². The summed E-state index contributed by atoms with van der Waals surface area (Å²) in [7, 11) is 0. The van der Waals surface area contributed by atoms with Gasteiger partial charge in [0.15, 0.2) is 0 Å². The smallest absolute Gasteiger partial charge is 0.282 e. The highest BCUT2D eigenvalue weighted by Gasteiger charge is 2.89. The van der Waals surface area contributed by atoms with Gasteiger partial charge in [-0.05, 0) is 0 Å². The van der Waals surface area contributed by atoms with Crippen LogP contribution < -0.4 is 0 Å². The maximum Gasteiger partial charge on any atom is 0.458 e. The largest absolute Gasteiger partial charge is 0.458 e. The molecule has 0 N–H and O–H groups in total. The van der Waals surface area contributed by atoms with E-state index in [9.17, 15) is 48.7 Å². The van der Waals surface area contributed by atoms with Gasteiger partial charge in [0.25, 0.3) is 0 Å². The van der Waals surface area contributed by atoms with Crippen LogP contribution in [-0.4, -0.2) is 36.1 Å². The van der Waals surface area contributed by atoms with Crippen LogP contribution in [-0.2, 0) is 14.3 Å². The monoisotopic (exact) mass is 310 g/mol. The second kappa shape index (κ2) is 3.71. The SMILES string of the molecule is O=C(F)C1(C(F)(F)F)OC(F)(F)C(F)(C(F)(F)F)O1. The topological polar surface area (TPSA) is 35.5 Å². The predicted octanol–water partition coefficient (Wildman–Crippen LogP) is 2.61. The first kappa shape index (κ1) is 15.9. The van der Waals surface area contributed by atoms with Gasteiger partial charge in [0.1, 0.15) is 0 Å². The Morgan fingerprint density at radius 3 is 1.42 bits per heavy atom. The first-order valence-corrected chi connectivity index (χ1v) is 3.91. The van der Waals surface area contributed by atoms with Crippen LogP contribution in [0.25, 0.3) is 0 Å². The van der Waals surface area contributed by atoms with Crippen molar-refractivity contribution in [2.24, 2.45) is 0 Å². The Hall–Kier alpha value is -1.11. The van der Waals surface area contributed by atoms with Gasteiger partial charge in [0.2, 0.25) is 0 Å². The van der Waals surface area contributed by atoms with E-state index >= 15 is 0 Å². The normalized spacial score (nSPS) is 35.5. The minimum absolute atomic E-state index is 2.30. The molecule has 1 aliphatic heterocycles. The Balaban J connectivity index is 3.45. The Morgan fingerprint density at radius 1 is 0.842 bits per heavy atom. The van der Waals surface area contributed by atoms with Crippen LogP contribution in [0.15, 0.2) is 0 Å². The number of halogens is 10. The van der Waals surface area contributed by atoms with Crippen LogP contribution in [0, 0.1) is 0 Å². The van der Waals surface area contributed by atoms with E-state index in [1.54, 1.807) is 0 Å². The Morgan fingerprint density at radius 2 is 1.26 bits per heavy atom. The van der Waals surface area contributed by atoms with Crippen molar-refractivity contribution >= 4 is 6.04 Å². The third-order valence-corrected chi connectivity index (χ3v) is 1.93. The highest BCUT2D eigenvalue weighted by Crippen LogP contribution is 2.59. The number of rotatable bonds is 1. The van der Waals surface area contributed by atoms with Crippen molar-refractivity contribution in [3.05, 3.63) is 0 Å². The number of carbonyl (C=O) groups is 1. The lowest BCUT2D eigenvalue weighted by Crippen LogP contribution is -2.55. The van der Waals surface area contributed by atoms with Gasteiger partial charge in [0.05, 0.1) is 0 Å². The summed E-state index contributed by atoms with van der Waals surface area (Å²) < 4.78 is 127. The number of hydrogen-bond acceptors (Lipinski definition) is 3. The maximum atomic E-state index is 12.9. The lowest BCUT2D eigenvalue weighted by molar-refractivity contribution is -0.397. The molecule has 0 spiro atoms. The van der Waals surface area contributed by atoms with Gasteiger partial charge >= 0.3 is 36.1 Å². The molecule has 1 aliphatic rings. The summed E-state index contributed by atoms with van der Waals surface area (Å²) in [6.45, 7) is 0. The van der Waals surface area contributed by atoms with Gasteiger partial charge in [-0.3, -0.25) is 14.3 Å². The molecular formula is C6F10O3. The van der Waals surface area contributed by atoms with Crippen LogP contribution in [0.5, 0.6) is 0 Å². The highest BCUT2D eigenvalue weighted by molar-refractivity contribution is 5.78. The molecule has 1 rings (SSSR count). The van der Waals surface area contributed by atoms with Gasteiger partial charge in [-0.1, -0.05) is 0 Å². The summed E-state index contributed by atoms with van der Waals surface area (Å²) in [5.74, 6) is -12.0. The molecule has 0 saturated carbocycles. The average Bonchev–Trinajstić information content (AvgIpc) is 2.34. The van der Waals surface area contributed by atoms with Gasteiger partial charge in [-0.15, -0.1) is 0 Å². The van der Waals surface area contributed by atoms with Gasteiger partial charge in [-0.25, -0.2) is 0 Å². The molecule has 1 saturated heterocycles. The Labute approximate surface area is 95.6 Å². The predicted molar refractivity (Wildman–Crippen MR) is 31.9 cm³/mol. The van der Waals surface area contributed by atoms with Crippen LogP contribution >= 0.6 is 0 Å². The summed E-state index contributed by atoms with van der Waals surface area (Å²) in [6.07, 6.45) is -19.5. The lowest BCUT2D eigenvalue weighted by Gasteiger charge is -2.26. The first-order valence-electron chi connectivity index (χ1n) is 3.91. The fraction of sp³-hybridized carbons (Fsp3) is 0.833. The second-order valence-corrected chi connectivity index (χ2v) is 3.20. The van der Waals surface area contributed by atoms with E-state index in [0.29, 0.717) is 0 Å². The molecule has 1 fully saturated rings. The molecule has 2 unspecified atom stereocenters. The lowest BCUT2D eigenvalue weighted by atomic mass is 10.2. The summed E-state index contributed by atoms with van der Waals surface area (Å²) >= 11 is 0.